The van der Waals surface area contributed by atoms with Crippen molar-refractivity contribution < 1.29 is 19.4 Å². The van der Waals surface area contributed by atoms with Crippen LogP contribution in [0, 0.1) is 0 Å². The lowest BCUT2D eigenvalue weighted by atomic mass is 10.1. The molecule has 3 N–H and O–H groups in total. The summed E-state index contributed by atoms with van der Waals surface area (Å²) in [4.78, 5) is 23.7. The Balaban J connectivity index is 1.91. The third kappa shape index (κ3) is 6.80. The number of allylic oxidation sites excluding steroid dienone is 1. The number of carbonyl (C=O) groups excluding carboxylic acids is 2. The standard InChI is InChI=1S/C22H25N3O4/c1-3-8-18-13-17(14-19(20(18)26)29-4-2)15-24-25-22(28)21(27)23-12-11-16-9-6-5-7-10-16/h3,5-7,9-10,13-15,26H,1,4,8,11-12H2,2H3,(H,23,27)(H,25,28)/b24-15+. The summed E-state index contributed by atoms with van der Waals surface area (Å²) in [6.07, 6.45) is 4.11. The van der Waals surface area contributed by atoms with Gasteiger partial charge in [0.15, 0.2) is 11.5 Å². The Hall–Kier alpha value is -3.61. The van der Waals surface area contributed by atoms with Gasteiger partial charge in [-0.05, 0) is 43.0 Å². The quantitative estimate of drug-likeness (QED) is 0.263. The molecule has 2 amide bonds. The van der Waals surface area contributed by atoms with Crippen molar-refractivity contribution in [3.05, 3.63) is 71.8 Å². The van der Waals surface area contributed by atoms with E-state index < -0.39 is 11.8 Å². The largest absolute Gasteiger partial charge is 0.504 e. The molecule has 0 radical (unpaired) electrons. The maximum atomic E-state index is 11.9. The highest BCUT2D eigenvalue weighted by Gasteiger charge is 2.12. The van der Waals surface area contributed by atoms with E-state index in [1.54, 1.807) is 18.2 Å². The van der Waals surface area contributed by atoms with Crippen molar-refractivity contribution in [3.8, 4) is 11.5 Å². The molecule has 2 rings (SSSR count). The minimum atomic E-state index is -0.857. The van der Waals surface area contributed by atoms with Gasteiger partial charge in [0.1, 0.15) is 0 Å². The number of phenolic OH excluding ortho intramolecular Hbond substituents is 1. The molecule has 0 atom stereocenters. The number of rotatable bonds is 9. The van der Waals surface area contributed by atoms with E-state index in [-0.39, 0.29) is 5.75 Å². The summed E-state index contributed by atoms with van der Waals surface area (Å²) in [5.41, 5.74) is 4.49. The van der Waals surface area contributed by atoms with Crippen LogP contribution in [0.15, 0.2) is 60.2 Å². The number of benzene rings is 2. The van der Waals surface area contributed by atoms with Crippen LogP contribution >= 0.6 is 0 Å². The number of ether oxygens (including phenoxy) is 1. The fraction of sp³-hybridized carbons (Fsp3) is 0.227. The predicted molar refractivity (Wildman–Crippen MR) is 112 cm³/mol. The van der Waals surface area contributed by atoms with Gasteiger partial charge in [-0.1, -0.05) is 36.4 Å². The van der Waals surface area contributed by atoms with Gasteiger partial charge < -0.3 is 15.2 Å². The molecule has 0 aromatic heterocycles. The van der Waals surface area contributed by atoms with Crippen molar-refractivity contribution in [2.75, 3.05) is 13.2 Å². The molecule has 0 aliphatic heterocycles. The first-order valence-corrected chi connectivity index (χ1v) is 9.29. The number of hydrogen-bond donors (Lipinski definition) is 3. The van der Waals surface area contributed by atoms with E-state index in [2.05, 4.69) is 22.4 Å². The number of nitrogens with one attached hydrogen (secondary N) is 2. The number of nitrogens with zero attached hydrogens (tertiary/aromatic N) is 1. The van der Waals surface area contributed by atoms with Gasteiger partial charge in [-0.2, -0.15) is 5.10 Å². The SMILES string of the molecule is C=CCc1cc(/C=N/NC(=O)C(=O)NCCc2ccccc2)cc(OCC)c1O. The van der Waals surface area contributed by atoms with Crippen LogP contribution in [-0.4, -0.2) is 36.3 Å². The van der Waals surface area contributed by atoms with Crippen molar-refractivity contribution in [2.24, 2.45) is 5.10 Å². The number of amides is 2. The van der Waals surface area contributed by atoms with Gasteiger partial charge >= 0.3 is 11.8 Å². The molecule has 0 saturated heterocycles. The predicted octanol–water partition coefficient (Wildman–Crippen LogP) is 2.33. The highest BCUT2D eigenvalue weighted by Crippen LogP contribution is 2.31. The molecule has 0 unspecified atom stereocenters. The van der Waals surface area contributed by atoms with Crippen molar-refractivity contribution in [3.63, 3.8) is 0 Å². The van der Waals surface area contributed by atoms with Crippen LogP contribution in [-0.2, 0) is 22.4 Å². The second-order valence-electron chi connectivity index (χ2n) is 6.14. The number of aromatic hydroxyl groups is 1. The molecule has 0 fully saturated rings. The molecular weight excluding hydrogens is 370 g/mol. The third-order valence-electron chi connectivity index (χ3n) is 3.97. The molecule has 2 aromatic carbocycles. The van der Waals surface area contributed by atoms with Gasteiger partial charge in [0.2, 0.25) is 0 Å². The number of hydrogen-bond acceptors (Lipinski definition) is 5. The summed E-state index contributed by atoms with van der Waals surface area (Å²) >= 11 is 0. The molecule has 0 saturated carbocycles. The Morgan fingerprint density at radius 3 is 2.66 bits per heavy atom. The maximum absolute atomic E-state index is 11.9. The lowest BCUT2D eigenvalue weighted by Crippen LogP contribution is -2.38. The zero-order chi connectivity index (χ0) is 21.1. The van der Waals surface area contributed by atoms with E-state index in [9.17, 15) is 14.7 Å². The van der Waals surface area contributed by atoms with E-state index in [0.29, 0.717) is 42.9 Å². The molecule has 7 nitrogen and oxygen atoms in total. The molecule has 152 valence electrons. The molecule has 0 aliphatic rings. The Morgan fingerprint density at radius 2 is 1.97 bits per heavy atom. The summed E-state index contributed by atoms with van der Waals surface area (Å²) in [7, 11) is 0. The van der Waals surface area contributed by atoms with Gasteiger partial charge in [0, 0.05) is 12.1 Å². The smallest absolute Gasteiger partial charge is 0.329 e. The van der Waals surface area contributed by atoms with E-state index in [4.69, 9.17) is 4.74 Å². The molecule has 0 spiro atoms. The maximum Gasteiger partial charge on any atom is 0.329 e. The minimum absolute atomic E-state index is 0.0470. The van der Waals surface area contributed by atoms with Gasteiger partial charge in [-0.15, -0.1) is 6.58 Å². The van der Waals surface area contributed by atoms with Crippen LogP contribution in [0.5, 0.6) is 11.5 Å². The fourth-order valence-corrected chi connectivity index (χ4v) is 2.60. The molecular formula is C22H25N3O4. The second kappa shape index (κ2) is 11.3. The first kappa shape index (κ1) is 21.7. The zero-order valence-electron chi connectivity index (χ0n) is 16.4. The van der Waals surface area contributed by atoms with Crippen molar-refractivity contribution >= 4 is 18.0 Å². The lowest BCUT2D eigenvalue weighted by molar-refractivity contribution is -0.139. The van der Waals surface area contributed by atoms with Crippen LogP contribution in [0.4, 0.5) is 0 Å². The highest BCUT2D eigenvalue weighted by molar-refractivity contribution is 6.35. The number of hydrazone groups is 1. The van der Waals surface area contributed by atoms with E-state index >= 15 is 0 Å². The van der Waals surface area contributed by atoms with Crippen LogP contribution in [0.2, 0.25) is 0 Å². The first-order valence-electron chi connectivity index (χ1n) is 9.29. The molecule has 29 heavy (non-hydrogen) atoms. The van der Waals surface area contributed by atoms with E-state index in [1.165, 1.54) is 6.21 Å². The van der Waals surface area contributed by atoms with E-state index in [1.807, 2.05) is 37.3 Å². The molecule has 0 bridgehead atoms. The molecule has 0 aliphatic carbocycles. The Kier molecular flexibility index (Phi) is 8.44. The summed E-state index contributed by atoms with van der Waals surface area (Å²) in [6, 6.07) is 12.9. The number of phenols is 1. The van der Waals surface area contributed by atoms with Crippen molar-refractivity contribution in [1.82, 2.24) is 10.7 Å². The van der Waals surface area contributed by atoms with E-state index in [0.717, 1.165) is 5.56 Å². The summed E-state index contributed by atoms with van der Waals surface area (Å²) in [5.74, 6) is -1.25. The summed E-state index contributed by atoms with van der Waals surface area (Å²) in [6.45, 7) is 6.21. The Labute approximate surface area is 170 Å². The number of carbonyl (C=O) groups is 2. The van der Waals surface area contributed by atoms with Crippen LogP contribution in [0.3, 0.4) is 0 Å². The normalized spacial score (nSPS) is 10.5. The Morgan fingerprint density at radius 1 is 1.21 bits per heavy atom. The second-order valence-corrected chi connectivity index (χ2v) is 6.14. The molecule has 0 heterocycles. The third-order valence-corrected chi connectivity index (χ3v) is 3.97. The first-order chi connectivity index (χ1) is 14.0. The fourth-order valence-electron chi connectivity index (χ4n) is 2.60. The van der Waals surface area contributed by atoms with Gasteiger partial charge in [-0.25, -0.2) is 5.43 Å². The van der Waals surface area contributed by atoms with Crippen LogP contribution in [0.1, 0.15) is 23.6 Å². The topological polar surface area (TPSA) is 100 Å². The molecule has 2 aromatic rings. The monoisotopic (exact) mass is 395 g/mol. The van der Waals surface area contributed by atoms with Gasteiger partial charge in [0.05, 0.1) is 12.8 Å². The minimum Gasteiger partial charge on any atom is -0.504 e. The summed E-state index contributed by atoms with van der Waals surface area (Å²) < 4.78 is 5.41. The van der Waals surface area contributed by atoms with Crippen molar-refractivity contribution in [2.45, 2.75) is 19.8 Å². The highest BCUT2D eigenvalue weighted by atomic mass is 16.5. The lowest BCUT2D eigenvalue weighted by Gasteiger charge is -2.10. The van der Waals surface area contributed by atoms with Crippen LogP contribution in [0.25, 0.3) is 0 Å². The zero-order valence-corrected chi connectivity index (χ0v) is 16.4. The molecule has 7 heteroatoms. The summed E-state index contributed by atoms with van der Waals surface area (Å²) in [5, 5.41) is 16.5. The van der Waals surface area contributed by atoms with Gasteiger partial charge in [-0.3, -0.25) is 9.59 Å². The Bertz CT molecular complexity index is 879. The van der Waals surface area contributed by atoms with Gasteiger partial charge in [0.25, 0.3) is 0 Å². The average Bonchev–Trinajstić information content (AvgIpc) is 2.72. The van der Waals surface area contributed by atoms with Crippen molar-refractivity contribution in [1.29, 1.82) is 0 Å². The average molecular weight is 395 g/mol. The van der Waals surface area contributed by atoms with Crippen LogP contribution < -0.4 is 15.5 Å².